The van der Waals surface area contributed by atoms with Gasteiger partial charge in [0.1, 0.15) is 11.8 Å². The summed E-state index contributed by atoms with van der Waals surface area (Å²) < 4.78 is 5.57. The highest BCUT2D eigenvalue weighted by Gasteiger charge is 2.38. The van der Waals surface area contributed by atoms with Crippen molar-refractivity contribution in [1.82, 2.24) is 15.5 Å². The number of hydrogen-bond acceptors (Lipinski definition) is 4. The van der Waals surface area contributed by atoms with Crippen LogP contribution >= 0.6 is 0 Å². The van der Waals surface area contributed by atoms with Gasteiger partial charge in [-0.05, 0) is 36.5 Å². The van der Waals surface area contributed by atoms with Crippen LogP contribution in [-0.4, -0.2) is 41.9 Å². The Morgan fingerprint density at radius 3 is 3.04 bits per heavy atom. The molecule has 25 heavy (non-hydrogen) atoms. The number of nitrogens with one attached hydrogen (secondary N) is 2. The molecule has 1 fully saturated rings. The summed E-state index contributed by atoms with van der Waals surface area (Å²) in [6, 6.07) is 4.71. The number of aryl methyl sites for hydroxylation is 1. The zero-order valence-corrected chi connectivity index (χ0v) is 14.3. The topological polar surface area (TPSA) is 87.7 Å². The molecule has 7 nitrogen and oxygen atoms in total. The smallest absolute Gasteiger partial charge is 0.324 e. The van der Waals surface area contributed by atoms with Gasteiger partial charge in [0.15, 0.2) is 0 Å². The maximum atomic E-state index is 12.1. The minimum Gasteiger partial charge on any atom is -0.493 e. The molecule has 1 aromatic carbocycles. The molecular formula is C18H23N3O4. The van der Waals surface area contributed by atoms with Crippen molar-refractivity contribution < 1.29 is 19.1 Å². The van der Waals surface area contributed by atoms with Crippen molar-refractivity contribution in [2.24, 2.45) is 0 Å². The molecule has 0 radical (unpaired) electrons. The molecule has 1 atom stereocenters. The summed E-state index contributed by atoms with van der Waals surface area (Å²) in [6.07, 6.45) is 2.63. The quantitative estimate of drug-likeness (QED) is 0.762. The molecule has 4 amide bonds. The molecule has 0 aliphatic carbocycles. The lowest BCUT2D eigenvalue weighted by atomic mass is 10.0. The molecule has 134 valence electrons. The van der Waals surface area contributed by atoms with Crippen molar-refractivity contribution in [2.45, 2.75) is 45.2 Å². The van der Waals surface area contributed by atoms with Crippen molar-refractivity contribution in [3.8, 4) is 5.75 Å². The van der Waals surface area contributed by atoms with E-state index in [-0.39, 0.29) is 18.2 Å². The van der Waals surface area contributed by atoms with Crippen LogP contribution in [0.1, 0.15) is 37.3 Å². The third-order valence-corrected chi connectivity index (χ3v) is 4.41. The maximum absolute atomic E-state index is 12.1. The zero-order valence-electron chi connectivity index (χ0n) is 14.3. The monoisotopic (exact) mass is 345 g/mol. The summed E-state index contributed by atoms with van der Waals surface area (Å²) in [5.41, 5.74) is 2.15. The molecule has 0 saturated carbocycles. The van der Waals surface area contributed by atoms with Gasteiger partial charge in [-0.25, -0.2) is 4.79 Å². The first-order valence-corrected chi connectivity index (χ1v) is 8.71. The molecule has 0 bridgehead atoms. The van der Waals surface area contributed by atoms with Gasteiger partial charge < -0.3 is 15.4 Å². The molecule has 1 aromatic rings. The lowest BCUT2D eigenvalue weighted by Crippen LogP contribution is -2.36. The van der Waals surface area contributed by atoms with Gasteiger partial charge in [0.2, 0.25) is 5.91 Å². The summed E-state index contributed by atoms with van der Waals surface area (Å²) >= 11 is 0. The standard InChI is InChI=1S/C18H23N3O4/c1-2-7-21-17(23)14(20-18(21)24)10-16(22)19-11-12-5-6-15-13(9-12)4-3-8-25-15/h5-6,9,14H,2-4,7-8,10-11H2,1H3,(H,19,22)(H,20,24)/t14-/m1/s1. The second-order valence-corrected chi connectivity index (χ2v) is 6.37. The molecule has 2 aliphatic rings. The summed E-state index contributed by atoms with van der Waals surface area (Å²) in [5.74, 6) is 0.329. The Hall–Kier alpha value is -2.57. The highest BCUT2D eigenvalue weighted by molar-refractivity contribution is 6.05. The van der Waals surface area contributed by atoms with Gasteiger partial charge in [-0.2, -0.15) is 0 Å². The van der Waals surface area contributed by atoms with Crippen LogP contribution in [0.2, 0.25) is 0 Å². The van der Waals surface area contributed by atoms with E-state index >= 15 is 0 Å². The van der Waals surface area contributed by atoms with Crippen molar-refractivity contribution in [3.63, 3.8) is 0 Å². The van der Waals surface area contributed by atoms with E-state index in [2.05, 4.69) is 10.6 Å². The van der Waals surface area contributed by atoms with E-state index in [1.54, 1.807) is 0 Å². The first-order chi connectivity index (χ1) is 12.1. The Morgan fingerprint density at radius 2 is 2.24 bits per heavy atom. The maximum Gasteiger partial charge on any atom is 0.324 e. The van der Waals surface area contributed by atoms with Gasteiger partial charge in [0.05, 0.1) is 13.0 Å². The van der Waals surface area contributed by atoms with E-state index < -0.39 is 12.1 Å². The van der Waals surface area contributed by atoms with Gasteiger partial charge in [-0.3, -0.25) is 14.5 Å². The van der Waals surface area contributed by atoms with Crippen LogP contribution in [0, 0.1) is 0 Å². The number of carbonyl (C=O) groups is 3. The van der Waals surface area contributed by atoms with Crippen LogP contribution in [0.5, 0.6) is 5.75 Å². The predicted molar refractivity (Wildman–Crippen MR) is 91.0 cm³/mol. The number of ether oxygens (including phenoxy) is 1. The van der Waals surface area contributed by atoms with E-state index in [9.17, 15) is 14.4 Å². The fourth-order valence-corrected chi connectivity index (χ4v) is 3.13. The van der Waals surface area contributed by atoms with E-state index in [4.69, 9.17) is 4.74 Å². The number of amides is 4. The van der Waals surface area contributed by atoms with Crippen LogP contribution < -0.4 is 15.4 Å². The molecule has 0 unspecified atom stereocenters. The number of urea groups is 1. The number of carbonyl (C=O) groups excluding carboxylic acids is 3. The third-order valence-electron chi connectivity index (χ3n) is 4.41. The Bertz CT molecular complexity index is 689. The highest BCUT2D eigenvalue weighted by atomic mass is 16.5. The molecule has 7 heteroatoms. The number of rotatable bonds is 6. The van der Waals surface area contributed by atoms with Crippen molar-refractivity contribution in [3.05, 3.63) is 29.3 Å². The van der Waals surface area contributed by atoms with Crippen molar-refractivity contribution in [2.75, 3.05) is 13.2 Å². The van der Waals surface area contributed by atoms with Crippen LogP contribution in [-0.2, 0) is 22.6 Å². The normalized spacial score (nSPS) is 19.2. The van der Waals surface area contributed by atoms with E-state index in [1.807, 2.05) is 25.1 Å². The van der Waals surface area contributed by atoms with Gasteiger partial charge in [-0.1, -0.05) is 19.1 Å². The lowest BCUT2D eigenvalue weighted by molar-refractivity contribution is -0.130. The summed E-state index contributed by atoms with van der Waals surface area (Å²) in [6.45, 7) is 3.41. The minimum atomic E-state index is -0.768. The van der Waals surface area contributed by atoms with Gasteiger partial charge in [-0.15, -0.1) is 0 Å². The molecular weight excluding hydrogens is 322 g/mol. The SMILES string of the molecule is CCCN1C(=O)N[C@H](CC(=O)NCc2ccc3c(c2)CCCO3)C1=O. The fourth-order valence-electron chi connectivity index (χ4n) is 3.13. The second-order valence-electron chi connectivity index (χ2n) is 6.37. The number of fused-ring (bicyclic) bond motifs is 1. The largest absolute Gasteiger partial charge is 0.493 e. The number of imide groups is 1. The average Bonchev–Trinajstić information content (AvgIpc) is 2.87. The molecule has 2 heterocycles. The summed E-state index contributed by atoms with van der Waals surface area (Å²) in [4.78, 5) is 37.1. The first kappa shape index (κ1) is 17.3. The van der Waals surface area contributed by atoms with Gasteiger partial charge >= 0.3 is 6.03 Å². The Morgan fingerprint density at radius 1 is 1.40 bits per heavy atom. The number of benzene rings is 1. The zero-order chi connectivity index (χ0) is 17.8. The van der Waals surface area contributed by atoms with Crippen molar-refractivity contribution >= 4 is 17.8 Å². The van der Waals surface area contributed by atoms with Gasteiger partial charge in [0.25, 0.3) is 5.91 Å². The molecule has 3 rings (SSSR count). The van der Waals surface area contributed by atoms with E-state index in [0.29, 0.717) is 19.5 Å². The molecule has 0 spiro atoms. The van der Waals surface area contributed by atoms with Gasteiger partial charge in [0, 0.05) is 13.1 Å². The summed E-state index contributed by atoms with van der Waals surface area (Å²) in [7, 11) is 0. The highest BCUT2D eigenvalue weighted by Crippen LogP contribution is 2.25. The van der Waals surface area contributed by atoms with Crippen LogP contribution in [0.25, 0.3) is 0 Å². The van der Waals surface area contributed by atoms with Crippen LogP contribution in [0.4, 0.5) is 4.79 Å². The number of hydrogen-bond donors (Lipinski definition) is 2. The first-order valence-electron chi connectivity index (χ1n) is 8.71. The third kappa shape index (κ3) is 3.92. The molecule has 2 aliphatic heterocycles. The van der Waals surface area contributed by atoms with Crippen molar-refractivity contribution in [1.29, 1.82) is 0 Å². The van der Waals surface area contributed by atoms with Crippen LogP contribution in [0.15, 0.2) is 18.2 Å². The predicted octanol–water partition coefficient (Wildman–Crippen LogP) is 1.35. The number of nitrogens with zero attached hydrogens (tertiary/aromatic N) is 1. The molecule has 1 saturated heterocycles. The molecule has 2 N–H and O–H groups in total. The summed E-state index contributed by atoms with van der Waals surface area (Å²) in [5, 5.41) is 5.38. The minimum absolute atomic E-state index is 0.0428. The van der Waals surface area contributed by atoms with E-state index in [0.717, 1.165) is 36.3 Å². The molecule has 0 aromatic heterocycles. The van der Waals surface area contributed by atoms with Crippen LogP contribution in [0.3, 0.4) is 0 Å². The lowest BCUT2D eigenvalue weighted by Gasteiger charge is -2.18. The van der Waals surface area contributed by atoms with E-state index in [1.165, 1.54) is 4.90 Å². The Kier molecular flexibility index (Phi) is 5.21. The fraction of sp³-hybridized carbons (Fsp3) is 0.500. The Labute approximate surface area is 146 Å². The Balaban J connectivity index is 1.52. The average molecular weight is 345 g/mol. The second kappa shape index (κ2) is 7.55.